The average molecular weight is 632 g/mol. The Morgan fingerprint density at radius 3 is 2.46 bits per heavy atom. The zero-order valence-corrected chi connectivity index (χ0v) is 28.8. The first kappa shape index (κ1) is 34.4. The lowest BCUT2D eigenvalue weighted by Crippen LogP contribution is -2.30. The Morgan fingerprint density at radius 2 is 1.80 bits per heavy atom. The van der Waals surface area contributed by atoms with Gasteiger partial charge in [-0.1, -0.05) is 58.1 Å². The van der Waals surface area contributed by atoms with Crippen molar-refractivity contribution in [2.75, 3.05) is 26.2 Å². The highest BCUT2D eigenvalue weighted by Gasteiger charge is 2.30. The Kier molecular flexibility index (Phi) is 11.8. The molecule has 1 saturated carbocycles. The fourth-order valence-corrected chi connectivity index (χ4v) is 7.99. The van der Waals surface area contributed by atoms with Gasteiger partial charge >= 0.3 is 0 Å². The van der Waals surface area contributed by atoms with E-state index in [1.165, 1.54) is 58.0 Å². The van der Waals surface area contributed by atoms with E-state index in [9.17, 15) is 4.39 Å². The molecule has 0 amide bonds. The molecule has 250 valence electrons. The number of aryl methyl sites for hydroxylation is 2. The first-order valence-corrected chi connectivity index (χ1v) is 18.0. The number of hydrogen-bond acceptors (Lipinski definition) is 4. The Hall–Kier alpha value is -2.93. The standard InChI is InChI=1S/C32H42F2N4.C7H13N/c1-6-8-16-36-31(38-20-32(4)14-10-9-11-15-32)25-19-37-30(28(34)29(25)35-5)24-18-21(3)17-22-12-13-26(33)23(7-2)27(22)24;1-3-7-4-2-6-8(7)5-1/h17-19H,5-16,20H2,1-4H3,(H,36,38);7H,1-6H2. The number of allylic oxidation sites excluding steroid dienone is 2. The number of halogens is 2. The molecule has 46 heavy (non-hydrogen) atoms. The summed E-state index contributed by atoms with van der Waals surface area (Å²) in [5.41, 5.74) is 5.07. The predicted molar refractivity (Wildman–Crippen MR) is 190 cm³/mol. The third-order valence-electron chi connectivity index (χ3n) is 10.6. The summed E-state index contributed by atoms with van der Waals surface area (Å²) in [6.07, 6.45) is 17.1. The van der Waals surface area contributed by atoms with Crippen molar-refractivity contribution in [3.8, 4) is 11.3 Å². The lowest BCUT2D eigenvalue weighted by molar-refractivity contribution is 0.227. The molecule has 5 nitrogen and oxygen atoms in total. The molecule has 6 rings (SSSR count). The van der Waals surface area contributed by atoms with Crippen LogP contribution in [0.4, 0.5) is 14.5 Å². The third kappa shape index (κ3) is 7.78. The number of nitrogens with zero attached hydrogens (tertiary/aromatic N) is 4. The molecule has 1 aromatic heterocycles. The number of amidine groups is 1. The molecule has 2 aliphatic heterocycles. The zero-order chi connectivity index (χ0) is 32.7. The number of hydrogen-bond donors (Lipinski definition) is 1. The molecular weight excluding hydrogens is 576 g/mol. The molecule has 2 aliphatic carbocycles. The van der Waals surface area contributed by atoms with Crippen LogP contribution in [0.1, 0.15) is 126 Å². The summed E-state index contributed by atoms with van der Waals surface area (Å²) in [6.45, 7) is 16.3. The SMILES string of the molecule is C1CC2CCCN2C1.C=Nc1c(C(=NCC2(C)CCCCC2)NCCCC)cnc(-c2cc(C)cc3c2C(CC)=C(F)CC3)c1F. The van der Waals surface area contributed by atoms with E-state index in [-0.39, 0.29) is 22.6 Å². The topological polar surface area (TPSA) is 52.9 Å². The summed E-state index contributed by atoms with van der Waals surface area (Å²) in [6, 6.07) is 4.99. The van der Waals surface area contributed by atoms with Gasteiger partial charge in [0, 0.05) is 37.3 Å². The highest BCUT2D eigenvalue weighted by atomic mass is 19.1. The van der Waals surface area contributed by atoms with Gasteiger partial charge in [0.1, 0.15) is 23.0 Å². The van der Waals surface area contributed by atoms with Gasteiger partial charge in [-0.25, -0.2) is 8.78 Å². The summed E-state index contributed by atoms with van der Waals surface area (Å²) in [5, 5.41) is 3.43. The van der Waals surface area contributed by atoms with Gasteiger partial charge in [-0.3, -0.25) is 15.0 Å². The molecular formula is C39H55F2N5. The number of aromatic nitrogens is 1. The number of pyridine rings is 1. The van der Waals surface area contributed by atoms with Crippen LogP contribution in [0.5, 0.6) is 0 Å². The van der Waals surface area contributed by atoms with E-state index in [0.717, 1.165) is 55.0 Å². The van der Waals surface area contributed by atoms with Crippen LogP contribution in [-0.4, -0.2) is 54.7 Å². The van der Waals surface area contributed by atoms with Gasteiger partial charge in [-0.2, -0.15) is 0 Å². The first-order chi connectivity index (χ1) is 22.3. The van der Waals surface area contributed by atoms with Crippen molar-refractivity contribution in [3.63, 3.8) is 0 Å². The monoisotopic (exact) mass is 631 g/mol. The van der Waals surface area contributed by atoms with Gasteiger partial charge in [0.2, 0.25) is 0 Å². The quantitative estimate of drug-likeness (QED) is 0.170. The second-order valence-corrected chi connectivity index (χ2v) is 14.2. The van der Waals surface area contributed by atoms with E-state index < -0.39 is 5.82 Å². The fourth-order valence-electron chi connectivity index (χ4n) is 7.99. The summed E-state index contributed by atoms with van der Waals surface area (Å²) < 4.78 is 31.1. The minimum absolute atomic E-state index is 0.116. The summed E-state index contributed by atoms with van der Waals surface area (Å²) in [5.74, 6) is -0.0346. The zero-order valence-electron chi connectivity index (χ0n) is 28.8. The van der Waals surface area contributed by atoms with E-state index in [1.54, 1.807) is 6.20 Å². The highest BCUT2D eigenvalue weighted by molar-refractivity contribution is 6.03. The van der Waals surface area contributed by atoms with Crippen LogP contribution in [0.3, 0.4) is 0 Å². The van der Waals surface area contributed by atoms with Crippen molar-refractivity contribution in [2.24, 2.45) is 15.4 Å². The minimum Gasteiger partial charge on any atom is -0.370 e. The van der Waals surface area contributed by atoms with Crippen LogP contribution >= 0.6 is 0 Å². The molecule has 1 N–H and O–H groups in total. The number of nitrogens with one attached hydrogen (secondary N) is 1. The molecule has 4 aliphatic rings. The molecule has 0 atom stereocenters. The van der Waals surface area contributed by atoms with Gasteiger partial charge in [0.15, 0.2) is 5.82 Å². The molecule has 3 fully saturated rings. The van der Waals surface area contributed by atoms with Gasteiger partial charge < -0.3 is 10.2 Å². The van der Waals surface area contributed by atoms with E-state index in [4.69, 9.17) is 4.99 Å². The molecule has 0 radical (unpaired) electrons. The molecule has 0 bridgehead atoms. The largest absolute Gasteiger partial charge is 0.370 e. The van der Waals surface area contributed by atoms with E-state index >= 15 is 4.39 Å². The summed E-state index contributed by atoms with van der Waals surface area (Å²) in [7, 11) is 0. The van der Waals surface area contributed by atoms with E-state index in [1.807, 2.05) is 19.9 Å². The van der Waals surface area contributed by atoms with Crippen molar-refractivity contribution >= 4 is 23.8 Å². The maximum Gasteiger partial charge on any atom is 0.175 e. The maximum absolute atomic E-state index is 16.3. The second-order valence-electron chi connectivity index (χ2n) is 14.2. The fraction of sp³-hybridized carbons (Fsp3) is 0.615. The molecule has 2 saturated heterocycles. The molecule has 0 spiro atoms. The summed E-state index contributed by atoms with van der Waals surface area (Å²) in [4.78, 5) is 16.4. The number of aliphatic imine (C=N–C) groups is 2. The van der Waals surface area contributed by atoms with Crippen LogP contribution in [-0.2, 0) is 6.42 Å². The second kappa shape index (κ2) is 15.8. The smallest absolute Gasteiger partial charge is 0.175 e. The van der Waals surface area contributed by atoms with Crippen molar-refractivity contribution in [2.45, 2.75) is 124 Å². The van der Waals surface area contributed by atoms with Crippen molar-refractivity contribution in [3.05, 3.63) is 52.2 Å². The van der Waals surface area contributed by atoms with Crippen molar-refractivity contribution in [1.29, 1.82) is 0 Å². The third-order valence-corrected chi connectivity index (χ3v) is 10.6. The Morgan fingerprint density at radius 1 is 1.07 bits per heavy atom. The van der Waals surface area contributed by atoms with Crippen LogP contribution in [0.2, 0.25) is 0 Å². The average Bonchev–Trinajstić information content (AvgIpc) is 3.69. The number of benzene rings is 1. The number of unbranched alkanes of at least 4 members (excludes halogenated alkanes) is 1. The predicted octanol–water partition coefficient (Wildman–Crippen LogP) is 9.92. The molecule has 1 aromatic carbocycles. The van der Waals surface area contributed by atoms with Crippen LogP contribution < -0.4 is 5.32 Å². The van der Waals surface area contributed by atoms with Crippen LogP contribution in [0.25, 0.3) is 16.8 Å². The molecule has 0 unspecified atom stereocenters. The number of rotatable bonds is 9. The van der Waals surface area contributed by atoms with Gasteiger partial charge in [-0.15, -0.1) is 0 Å². The van der Waals surface area contributed by atoms with Gasteiger partial charge in [0.25, 0.3) is 0 Å². The van der Waals surface area contributed by atoms with Gasteiger partial charge in [0.05, 0.1) is 5.56 Å². The normalized spacial score (nSPS) is 19.8. The molecule has 7 heteroatoms. The first-order valence-electron chi connectivity index (χ1n) is 18.0. The Labute approximate surface area is 276 Å². The Bertz CT molecular complexity index is 1420. The Balaban J connectivity index is 0.000000447. The minimum atomic E-state index is -0.541. The van der Waals surface area contributed by atoms with Crippen molar-refractivity contribution in [1.82, 2.24) is 15.2 Å². The lowest BCUT2D eigenvalue weighted by Gasteiger charge is -2.32. The van der Waals surface area contributed by atoms with Crippen LogP contribution in [0, 0.1) is 18.2 Å². The molecule has 2 aromatic rings. The maximum atomic E-state index is 16.3. The van der Waals surface area contributed by atoms with E-state index in [2.05, 4.69) is 46.8 Å². The van der Waals surface area contributed by atoms with Crippen molar-refractivity contribution < 1.29 is 8.78 Å². The van der Waals surface area contributed by atoms with Crippen LogP contribution in [0.15, 0.2) is 34.1 Å². The van der Waals surface area contributed by atoms with Gasteiger partial charge in [-0.05, 0) is 113 Å². The highest BCUT2D eigenvalue weighted by Crippen LogP contribution is 2.43. The lowest BCUT2D eigenvalue weighted by atomic mass is 9.76. The van der Waals surface area contributed by atoms with E-state index in [0.29, 0.717) is 48.3 Å². The number of fused-ring (bicyclic) bond motifs is 2. The summed E-state index contributed by atoms with van der Waals surface area (Å²) >= 11 is 0. The molecule has 3 heterocycles.